The fraction of sp³-hybridized carbons (Fsp3) is 0.223. The van der Waals surface area contributed by atoms with Crippen molar-refractivity contribution in [3.05, 3.63) is 409 Å². The van der Waals surface area contributed by atoms with Gasteiger partial charge in [-0.15, -0.1) is 0 Å². The Hall–Kier alpha value is -10.6. The van der Waals surface area contributed by atoms with Crippen molar-refractivity contribution in [3.63, 3.8) is 0 Å². The molecule has 4 aliphatic rings. The Balaban J connectivity index is 0.000000131. The van der Waals surface area contributed by atoms with Crippen LogP contribution in [0, 0.1) is 6.92 Å². The van der Waals surface area contributed by atoms with Crippen molar-refractivity contribution < 1.29 is 19.2 Å². The number of hydrogen-bond acceptors (Lipinski definition) is 11. The van der Waals surface area contributed by atoms with Gasteiger partial charge < -0.3 is 19.6 Å². The van der Waals surface area contributed by atoms with Gasteiger partial charge in [0.05, 0.1) is 45.9 Å². The third-order valence-electron chi connectivity index (χ3n) is 20.9. The van der Waals surface area contributed by atoms with E-state index in [1.165, 1.54) is 44.5 Å². The Morgan fingerprint density at radius 2 is 0.509 bits per heavy atom. The highest BCUT2D eigenvalue weighted by molar-refractivity contribution is 9.10. The second-order valence-electron chi connectivity index (χ2n) is 28.3. The molecule has 3 aromatic heterocycles. The predicted molar refractivity (Wildman–Crippen MR) is 453 cm³/mol. The molecule has 4 fully saturated rings. The molecule has 0 spiro atoms. The number of carbonyl (C=O) groups excluding carboxylic acids is 4. The smallest absolute Gasteiger partial charge is 0.255 e. The molecule has 0 aliphatic carbocycles. The zero-order chi connectivity index (χ0) is 77.4. The summed E-state index contributed by atoms with van der Waals surface area (Å²) in [6.45, 7) is 14.4. The Bertz CT molecular complexity index is 4160. The summed E-state index contributed by atoms with van der Waals surface area (Å²) in [7, 11) is 0. The maximum atomic E-state index is 12.9. The Morgan fingerprint density at radius 3 is 0.768 bits per heavy atom. The third-order valence-corrected chi connectivity index (χ3v) is 22.0. The van der Waals surface area contributed by atoms with E-state index in [0.29, 0.717) is 47.9 Å². The van der Waals surface area contributed by atoms with E-state index in [1.807, 2.05) is 87.2 Å². The Morgan fingerprint density at radius 1 is 0.268 bits per heavy atom. The predicted octanol–water partition coefficient (Wildman–Crippen LogP) is 17.6. The maximum absolute atomic E-state index is 12.9. The van der Waals surface area contributed by atoms with Crippen molar-refractivity contribution >= 4 is 67.1 Å². The molecule has 4 saturated heterocycles. The lowest BCUT2D eigenvalue weighted by Gasteiger charge is -2.39. The molecule has 15 nitrogen and oxygen atoms in total. The molecule has 4 amide bonds. The summed E-state index contributed by atoms with van der Waals surface area (Å²) in [4.78, 5) is 81.2. The number of hydrogen-bond donors (Lipinski definition) is 0. The molecule has 568 valence electrons. The van der Waals surface area contributed by atoms with Gasteiger partial charge >= 0.3 is 0 Å². The molecule has 0 saturated carbocycles. The fourth-order valence-corrected chi connectivity index (χ4v) is 16.3. The van der Waals surface area contributed by atoms with E-state index >= 15 is 0 Å². The lowest BCUT2D eigenvalue weighted by atomic mass is 9.96. The van der Waals surface area contributed by atoms with Gasteiger partial charge in [0.15, 0.2) is 0 Å². The summed E-state index contributed by atoms with van der Waals surface area (Å²) in [6.07, 6.45) is 9.89. The molecule has 18 heteroatoms. The molecule has 0 atom stereocenters. The van der Waals surface area contributed by atoms with Crippen LogP contribution in [-0.2, 0) is 0 Å². The van der Waals surface area contributed by atoms with Crippen LogP contribution in [-0.4, -0.2) is 182 Å². The zero-order valence-electron chi connectivity index (χ0n) is 62.9. The van der Waals surface area contributed by atoms with Crippen molar-refractivity contribution in [1.29, 1.82) is 0 Å². The lowest BCUT2D eigenvalue weighted by Crippen LogP contribution is -2.49. The first-order valence-electron chi connectivity index (χ1n) is 38.3. The molecular weight excluding hydrogens is 1540 g/mol. The summed E-state index contributed by atoms with van der Waals surface area (Å²) >= 11 is 12.8. The van der Waals surface area contributed by atoms with E-state index in [0.717, 1.165) is 98.6 Å². The normalized spacial score (nSPS) is 15.0. The number of halogens is 3. The third kappa shape index (κ3) is 21.1. The average molecular weight is 1640 g/mol. The molecule has 9 aromatic carbocycles. The van der Waals surface area contributed by atoms with E-state index in [1.54, 1.807) is 43.2 Å². The van der Waals surface area contributed by atoms with Gasteiger partial charge in [-0.1, -0.05) is 276 Å². The van der Waals surface area contributed by atoms with Crippen LogP contribution in [0.5, 0.6) is 0 Å². The zero-order valence-corrected chi connectivity index (χ0v) is 66.8. The van der Waals surface area contributed by atoms with Gasteiger partial charge in [0, 0.05) is 156 Å². The Labute approximate surface area is 680 Å². The number of piperazine rings is 4. The first-order chi connectivity index (χ1) is 54.9. The highest BCUT2D eigenvalue weighted by atomic mass is 79.9. The van der Waals surface area contributed by atoms with Gasteiger partial charge in [-0.25, -0.2) is 0 Å². The van der Waals surface area contributed by atoms with Crippen LogP contribution in [0.25, 0.3) is 0 Å². The summed E-state index contributed by atoms with van der Waals surface area (Å²) in [5, 5.41) is 0.484. The fourth-order valence-electron chi connectivity index (χ4n) is 15.4. The van der Waals surface area contributed by atoms with E-state index in [9.17, 15) is 19.2 Å². The van der Waals surface area contributed by atoms with Crippen LogP contribution in [0.3, 0.4) is 0 Å². The Kier molecular flexibility index (Phi) is 28.4. The highest BCUT2D eigenvalue weighted by Gasteiger charge is 2.34. The van der Waals surface area contributed by atoms with Gasteiger partial charge in [0.2, 0.25) is 0 Å². The molecule has 0 N–H and O–H groups in total. The number of aryl methyl sites for hydroxylation is 1. The molecule has 7 heterocycles. The molecule has 4 aliphatic heterocycles. The van der Waals surface area contributed by atoms with E-state index in [2.05, 4.69) is 285 Å². The first kappa shape index (κ1) is 79.5. The summed E-state index contributed by atoms with van der Waals surface area (Å²) in [6, 6.07) is 98.6. The van der Waals surface area contributed by atoms with Crippen LogP contribution in [0.15, 0.2) is 331 Å². The molecule has 0 radical (unpaired) electrons. The molecule has 0 unspecified atom stereocenters. The van der Waals surface area contributed by atoms with Crippen molar-refractivity contribution in [2.24, 2.45) is 0 Å². The largest absolute Gasteiger partial charge is 0.336 e. The van der Waals surface area contributed by atoms with E-state index in [-0.39, 0.29) is 47.8 Å². The standard InChI is InChI=1S/C24H23BrN2O.C24H25N3O.C23H22BrN3O.C23H22ClN3O/c25-22-13-7-12-21(18-22)24(28)27-16-14-26(15-17-27)23(19-8-3-1-4-9-19)20-10-5-2-6-11-20;1-19-16-22(18-25-17-19)24(28)27-14-12-26(13-15-27)23(20-8-4-2-5-9-20)21-10-6-3-7-11-21;2*24-21-15-20(16-25-17-21)23(28)27-13-11-26(12-14-27)22(18-7-3-1-4-8-18)19-9-5-2-6-10-19/h1-13,18,23H,14-17H2;2-11,16-18,23H,12-15H2,1H3;2*1-10,15-17,22H,11-14H2. The highest BCUT2D eigenvalue weighted by Crippen LogP contribution is 2.35. The number of amides is 4. The number of rotatable bonds is 16. The second-order valence-corrected chi connectivity index (χ2v) is 30.5. The monoisotopic (exact) mass is 1630 g/mol. The number of aromatic nitrogens is 3. The maximum Gasteiger partial charge on any atom is 0.255 e. The SMILES string of the molecule is Cc1cncc(C(=O)N2CCN(C(c3ccccc3)c3ccccc3)CC2)c1.O=C(c1cccc(Br)c1)N1CCN(C(c2ccccc2)c2ccccc2)CC1.O=C(c1cncc(Br)c1)N1CCN(C(c2ccccc2)c2ccccc2)CC1.O=C(c1cncc(Cl)c1)N1CCN(C(c2ccccc2)c2ccccc2)CC1. The summed E-state index contributed by atoms with van der Waals surface area (Å²) in [5.74, 6) is 0.221. The molecule has 0 bridgehead atoms. The van der Waals surface area contributed by atoms with Crippen LogP contribution in [0.4, 0.5) is 0 Å². The van der Waals surface area contributed by atoms with Crippen LogP contribution >= 0.6 is 43.5 Å². The van der Waals surface area contributed by atoms with Crippen LogP contribution < -0.4 is 0 Å². The average Bonchev–Trinajstić information content (AvgIpc) is 0.819. The summed E-state index contributed by atoms with van der Waals surface area (Å²) < 4.78 is 1.76. The first-order valence-corrected chi connectivity index (χ1v) is 40.3. The van der Waals surface area contributed by atoms with Crippen LogP contribution in [0.2, 0.25) is 5.02 Å². The van der Waals surface area contributed by atoms with Crippen molar-refractivity contribution in [3.8, 4) is 0 Å². The minimum Gasteiger partial charge on any atom is -0.336 e. The molecule has 112 heavy (non-hydrogen) atoms. The van der Waals surface area contributed by atoms with E-state index in [4.69, 9.17) is 11.6 Å². The molecular formula is C94H92Br2ClN11O4. The molecule has 12 aromatic rings. The van der Waals surface area contributed by atoms with Gasteiger partial charge in [0.25, 0.3) is 23.6 Å². The second kappa shape index (κ2) is 40.0. The van der Waals surface area contributed by atoms with Gasteiger partial charge in [-0.3, -0.25) is 53.7 Å². The van der Waals surface area contributed by atoms with Crippen molar-refractivity contribution in [1.82, 2.24) is 54.2 Å². The van der Waals surface area contributed by atoms with Crippen LogP contribution in [0.1, 0.15) is 116 Å². The number of benzene rings is 9. The van der Waals surface area contributed by atoms with Gasteiger partial charge in [0.1, 0.15) is 0 Å². The van der Waals surface area contributed by atoms with Crippen molar-refractivity contribution in [2.75, 3.05) is 105 Å². The minimum atomic E-state index is -0.00868. The number of pyridine rings is 3. The molecule has 16 rings (SSSR count). The number of nitrogens with zero attached hydrogens (tertiary/aromatic N) is 11. The number of carbonyl (C=O) groups is 4. The summed E-state index contributed by atoms with van der Waals surface area (Å²) in [5.41, 5.74) is 13.9. The lowest BCUT2D eigenvalue weighted by molar-refractivity contribution is 0.0591. The quantitative estimate of drug-likeness (QED) is 0.0915. The van der Waals surface area contributed by atoms with Gasteiger partial charge in [-0.2, -0.15) is 0 Å². The van der Waals surface area contributed by atoms with E-state index < -0.39 is 0 Å². The topological polar surface area (TPSA) is 133 Å². The minimum absolute atomic E-state index is 0.00868. The van der Waals surface area contributed by atoms with Gasteiger partial charge in [-0.05, 0) is 109 Å². The van der Waals surface area contributed by atoms with Crippen molar-refractivity contribution in [2.45, 2.75) is 31.1 Å².